The minimum Gasteiger partial charge on any atom is -0.343 e. The Morgan fingerprint density at radius 3 is 2.82 bits per heavy atom. The fourth-order valence-electron chi connectivity index (χ4n) is 1.86. The van der Waals surface area contributed by atoms with Crippen molar-refractivity contribution in [1.29, 1.82) is 0 Å². The van der Waals surface area contributed by atoms with E-state index in [2.05, 4.69) is 19.7 Å². The van der Waals surface area contributed by atoms with Crippen LogP contribution in [0.3, 0.4) is 0 Å². The first-order chi connectivity index (χ1) is 10.5. The SMILES string of the molecule is O=[N+]([O-])c1cccc(S(=O)(=O)Nc2cnc3nc[nH]c3c2)c1. The van der Waals surface area contributed by atoms with Gasteiger partial charge in [-0.05, 0) is 12.1 Å². The molecule has 3 rings (SSSR count). The molecule has 0 saturated carbocycles. The van der Waals surface area contributed by atoms with Crippen LogP contribution in [0.25, 0.3) is 11.2 Å². The molecule has 0 fully saturated rings. The van der Waals surface area contributed by atoms with Crippen molar-refractivity contribution in [3.63, 3.8) is 0 Å². The zero-order valence-electron chi connectivity index (χ0n) is 10.9. The van der Waals surface area contributed by atoms with Gasteiger partial charge in [0.05, 0.1) is 33.5 Å². The second kappa shape index (κ2) is 5.07. The topological polar surface area (TPSA) is 131 Å². The zero-order chi connectivity index (χ0) is 15.7. The largest absolute Gasteiger partial charge is 0.343 e. The summed E-state index contributed by atoms with van der Waals surface area (Å²) in [6, 6.07) is 6.33. The molecule has 22 heavy (non-hydrogen) atoms. The van der Waals surface area contributed by atoms with E-state index in [4.69, 9.17) is 0 Å². The summed E-state index contributed by atoms with van der Waals surface area (Å²) in [6.45, 7) is 0. The van der Waals surface area contributed by atoms with Gasteiger partial charge in [-0.3, -0.25) is 14.8 Å². The first-order valence-electron chi connectivity index (χ1n) is 6.02. The molecule has 0 spiro atoms. The molecule has 0 amide bonds. The lowest BCUT2D eigenvalue weighted by Crippen LogP contribution is -2.13. The summed E-state index contributed by atoms with van der Waals surface area (Å²) in [6.07, 6.45) is 2.76. The number of pyridine rings is 1. The number of nitro groups is 1. The molecule has 9 nitrogen and oxygen atoms in total. The maximum atomic E-state index is 12.3. The predicted octanol–water partition coefficient (Wildman–Crippen LogP) is 1.67. The van der Waals surface area contributed by atoms with Gasteiger partial charge in [-0.1, -0.05) is 6.07 Å². The zero-order valence-corrected chi connectivity index (χ0v) is 11.7. The molecule has 0 aliphatic carbocycles. The van der Waals surface area contributed by atoms with Crippen LogP contribution in [-0.4, -0.2) is 28.3 Å². The van der Waals surface area contributed by atoms with Crippen LogP contribution in [-0.2, 0) is 10.0 Å². The lowest BCUT2D eigenvalue weighted by molar-refractivity contribution is -0.385. The number of imidazole rings is 1. The van der Waals surface area contributed by atoms with Crippen molar-refractivity contribution in [3.05, 3.63) is 53.0 Å². The number of non-ortho nitro benzene ring substituents is 1. The highest BCUT2D eigenvalue weighted by molar-refractivity contribution is 7.92. The number of nitrogens with one attached hydrogen (secondary N) is 2. The number of sulfonamides is 1. The third-order valence-corrected chi connectivity index (χ3v) is 4.24. The summed E-state index contributed by atoms with van der Waals surface area (Å²) in [4.78, 5) is 20.6. The van der Waals surface area contributed by atoms with Crippen LogP contribution in [0.2, 0.25) is 0 Å². The van der Waals surface area contributed by atoms with Crippen molar-refractivity contribution in [2.75, 3.05) is 4.72 Å². The van der Waals surface area contributed by atoms with Gasteiger partial charge in [0.2, 0.25) is 0 Å². The third kappa shape index (κ3) is 2.59. The van der Waals surface area contributed by atoms with E-state index in [1.165, 1.54) is 36.8 Å². The van der Waals surface area contributed by atoms with Gasteiger partial charge in [0.1, 0.15) is 0 Å². The predicted molar refractivity (Wildman–Crippen MR) is 77.8 cm³/mol. The maximum absolute atomic E-state index is 12.3. The Labute approximate surface area is 124 Å². The number of hydrogen-bond donors (Lipinski definition) is 2. The molecule has 2 N–H and O–H groups in total. The van der Waals surface area contributed by atoms with Crippen LogP contribution in [0, 0.1) is 10.1 Å². The van der Waals surface area contributed by atoms with E-state index in [1.807, 2.05) is 0 Å². The number of anilines is 1. The summed E-state index contributed by atoms with van der Waals surface area (Å²) in [5.74, 6) is 0. The normalized spacial score (nSPS) is 11.5. The van der Waals surface area contributed by atoms with Gasteiger partial charge in [0.15, 0.2) is 5.65 Å². The van der Waals surface area contributed by atoms with Gasteiger partial charge in [-0.15, -0.1) is 0 Å². The van der Waals surface area contributed by atoms with E-state index in [0.29, 0.717) is 11.2 Å². The minimum atomic E-state index is -3.95. The Morgan fingerprint density at radius 2 is 2.05 bits per heavy atom. The standard InChI is InChI=1S/C12H9N5O4S/c18-17(19)9-2-1-3-10(5-9)22(20,21)16-8-4-11-12(13-6-8)15-7-14-11/h1-7,16H,(H,13,14,15). The molecule has 0 aliphatic rings. The Hall–Kier alpha value is -3.01. The molecule has 0 bridgehead atoms. The number of aromatic nitrogens is 3. The van der Waals surface area contributed by atoms with Crippen LogP contribution in [0.15, 0.2) is 47.8 Å². The second-order valence-corrected chi connectivity index (χ2v) is 6.04. The van der Waals surface area contributed by atoms with Crippen molar-refractivity contribution < 1.29 is 13.3 Å². The summed E-state index contributed by atoms with van der Waals surface area (Å²) in [5, 5.41) is 10.7. The van der Waals surface area contributed by atoms with E-state index >= 15 is 0 Å². The Balaban J connectivity index is 1.95. The van der Waals surface area contributed by atoms with Crippen LogP contribution in [0.4, 0.5) is 11.4 Å². The molecule has 2 heterocycles. The minimum absolute atomic E-state index is 0.202. The monoisotopic (exact) mass is 319 g/mol. The number of rotatable bonds is 4. The molecule has 0 saturated heterocycles. The molecule has 0 radical (unpaired) electrons. The molecule has 2 aromatic heterocycles. The average Bonchev–Trinajstić information content (AvgIpc) is 2.94. The molecule has 1 aromatic carbocycles. The molecule has 0 unspecified atom stereocenters. The van der Waals surface area contributed by atoms with Crippen LogP contribution < -0.4 is 4.72 Å². The maximum Gasteiger partial charge on any atom is 0.270 e. The van der Waals surface area contributed by atoms with Gasteiger partial charge in [-0.2, -0.15) is 0 Å². The lowest BCUT2D eigenvalue weighted by atomic mass is 10.3. The highest BCUT2D eigenvalue weighted by atomic mass is 32.2. The number of fused-ring (bicyclic) bond motifs is 1. The number of H-pyrrole nitrogens is 1. The fourth-order valence-corrected chi connectivity index (χ4v) is 2.94. The van der Waals surface area contributed by atoms with Crippen molar-refractivity contribution in [2.45, 2.75) is 4.90 Å². The van der Waals surface area contributed by atoms with E-state index in [-0.39, 0.29) is 16.3 Å². The fraction of sp³-hybridized carbons (Fsp3) is 0. The van der Waals surface area contributed by atoms with Crippen molar-refractivity contribution in [3.8, 4) is 0 Å². The average molecular weight is 319 g/mol. The molecular weight excluding hydrogens is 310 g/mol. The highest BCUT2D eigenvalue weighted by Crippen LogP contribution is 2.21. The number of hydrogen-bond acceptors (Lipinski definition) is 6. The van der Waals surface area contributed by atoms with Crippen molar-refractivity contribution in [2.24, 2.45) is 0 Å². The summed E-state index contributed by atoms with van der Waals surface area (Å²) < 4.78 is 26.8. The highest BCUT2D eigenvalue weighted by Gasteiger charge is 2.18. The smallest absolute Gasteiger partial charge is 0.270 e. The Bertz CT molecular complexity index is 966. The van der Waals surface area contributed by atoms with Gasteiger partial charge in [0.25, 0.3) is 15.7 Å². The van der Waals surface area contributed by atoms with Gasteiger partial charge in [0, 0.05) is 12.1 Å². The van der Waals surface area contributed by atoms with E-state index < -0.39 is 14.9 Å². The van der Waals surface area contributed by atoms with Gasteiger partial charge < -0.3 is 4.98 Å². The first kappa shape index (κ1) is 13.9. The second-order valence-electron chi connectivity index (χ2n) is 4.36. The third-order valence-electron chi connectivity index (χ3n) is 2.86. The Morgan fingerprint density at radius 1 is 1.23 bits per heavy atom. The summed E-state index contributed by atoms with van der Waals surface area (Å²) in [7, 11) is -3.95. The number of nitro benzene ring substituents is 1. The number of aromatic amines is 1. The van der Waals surface area contributed by atoms with Crippen LogP contribution in [0.1, 0.15) is 0 Å². The Kier molecular flexibility index (Phi) is 3.22. The quantitative estimate of drug-likeness (QED) is 0.555. The molecular formula is C12H9N5O4S. The lowest BCUT2D eigenvalue weighted by Gasteiger charge is -2.07. The molecule has 3 aromatic rings. The van der Waals surface area contributed by atoms with E-state index in [1.54, 1.807) is 0 Å². The van der Waals surface area contributed by atoms with E-state index in [9.17, 15) is 18.5 Å². The number of nitrogens with zero attached hydrogens (tertiary/aromatic N) is 3. The van der Waals surface area contributed by atoms with Crippen LogP contribution >= 0.6 is 0 Å². The first-order valence-corrected chi connectivity index (χ1v) is 7.50. The number of benzene rings is 1. The molecule has 112 valence electrons. The molecule has 0 aliphatic heterocycles. The van der Waals surface area contributed by atoms with Crippen molar-refractivity contribution >= 4 is 32.6 Å². The van der Waals surface area contributed by atoms with Gasteiger partial charge >= 0.3 is 0 Å². The van der Waals surface area contributed by atoms with Crippen LogP contribution in [0.5, 0.6) is 0 Å². The summed E-state index contributed by atoms with van der Waals surface area (Å²) >= 11 is 0. The summed E-state index contributed by atoms with van der Waals surface area (Å²) in [5.41, 5.74) is 0.950. The molecule has 0 atom stereocenters. The molecule has 10 heteroatoms. The van der Waals surface area contributed by atoms with Gasteiger partial charge in [-0.25, -0.2) is 18.4 Å². The van der Waals surface area contributed by atoms with Crippen molar-refractivity contribution in [1.82, 2.24) is 15.0 Å². The van der Waals surface area contributed by atoms with E-state index in [0.717, 1.165) is 6.07 Å².